The highest BCUT2D eigenvalue weighted by molar-refractivity contribution is 7.13. The summed E-state index contributed by atoms with van der Waals surface area (Å²) in [6.45, 7) is 6.80. The molecule has 1 saturated heterocycles. The average molecular weight is 312 g/mol. The number of carboxylic acids is 1. The van der Waals surface area contributed by atoms with Gasteiger partial charge in [0.2, 0.25) is 0 Å². The van der Waals surface area contributed by atoms with E-state index in [-0.39, 0.29) is 19.1 Å². The van der Waals surface area contributed by atoms with Crippen molar-refractivity contribution in [2.75, 3.05) is 19.7 Å². The summed E-state index contributed by atoms with van der Waals surface area (Å²) < 4.78 is 5.15. The molecule has 21 heavy (non-hydrogen) atoms. The van der Waals surface area contributed by atoms with Gasteiger partial charge in [-0.25, -0.2) is 9.78 Å². The van der Waals surface area contributed by atoms with E-state index in [0.717, 1.165) is 17.1 Å². The first-order chi connectivity index (χ1) is 9.88. The number of hydrogen-bond donors (Lipinski definition) is 1. The van der Waals surface area contributed by atoms with E-state index in [4.69, 9.17) is 9.84 Å². The Balaban J connectivity index is 2.17. The molecule has 0 spiro atoms. The maximum Gasteiger partial charge on any atom is 0.334 e. The van der Waals surface area contributed by atoms with E-state index in [1.54, 1.807) is 4.90 Å². The number of aromatic nitrogens is 1. The van der Waals surface area contributed by atoms with Crippen molar-refractivity contribution in [3.05, 3.63) is 15.6 Å². The minimum atomic E-state index is -1.03. The molecule has 1 aliphatic rings. The molecule has 0 aromatic carbocycles. The van der Waals surface area contributed by atoms with Gasteiger partial charge in [0, 0.05) is 6.54 Å². The minimum Gasteiger partial charge on any atom is -0.479 e. The normalized spacial score (nSPS) is 19.0. The molecular weight excluding hydrogens is 292 g/mol. The van der Waals surface area contributed by atoms with Crippen LogP contribution in [-0.2, 0) is 16.0 Å². The fraction of sp³-hybridized carbons (Fsp3) is 0.643. The topological polar surface area (TPSA) is 79.7 Å². The zero-order valence-corrected chi connectivity index (χ0v) is 13.3. The lowest BCUT2D eigenvalue weighted by Crippen LogP contribution is -2.48. The van der Waals surface area contributed by atoms with Gasteiger partial charge >= 0.3 is 5.97 Å². The molecule has 1 aliphatic heterocycles. The zero-order chi connectivity index (χ0) is 15.6. The number of rotatable bonds is 4. The van der Waals surface area contributed by atoms with E-state index in [0.29, 0.717) is 17.3 Å². The number of amides is 1. The number of carbonyl (C=O) groups is 2. The first-order valence-corrected chi connectivity index (χ1v) is 7.80. The van der Waals surface area contributed by atoms with Gasteiger partial charge in [-0.1, -0.05) is 13.8 Å². The molecule has 2 heterocycles. The van der Waals surface area contributed by atoms with Crippen molar-refractivity contribution in [3.8, 4) is 0 Å². The van der Waals surface area contributed by atoms with Crippen molar-refractivity contribution < 1.29 is 19.4 Å². The predicted molar refractivity (Wildman–Crippen MR) is 78.7 cm³/mol. The Bertz CT molecular complexity index is 541. The monoisotopic (exact) mass is 312 g/mol. The molecule has 1 fully saturated rings. The van der Waals surface area contributed by atoms with E-state index < -0.39 is 12.1 Å². The molecule has 0 saturated carbocycles. The van der Waals surface area contributed by atoms with Gasteiger partial charge in [-0.15, -0.1) is 11.3 Å². The summed E-state index contributed by atoms with van der Waals surface area (Å²) in [5, 5.41) is 9.87. The molecule has 0 unspecified atom stereocenters. The highest BCUT2D eigenvalue weighted by Crippen LogP contribution is 2.23. The molecule has 1 atom stereocenters. The molecule has 1 N–H and O–H groups in total. The highest BCUT2D eigenvalue weighted by Gasteiger charge is 2.31. The molecule has 2 rings (SSSR count). The third-order valence-corrected chi connectivity index (χ3v) is 4.23. The molecular formula is C14H20N2O4S. The van der Waals surface area contributed by atoms with Crippen LogP contribution < -0.4 is 0 Å². The summed E-state index contributed by atoms with van der Waals surface area (Å²) in [6.07, 6.45) is -0.191. The number of ether oxygens (including phenoxy) is 1. The molecule has 1 aromatic heterocycles. The number of carboxylic acid groups (broad SMARTS) is 1. The summed E-state index contributed by atoms with van der Waals surface area (Å²) >= 11 is 1.38. The van der Waals surface area contributed by atoms with Gasteiger partial charge in [-0.05, 0) is 19.3 Å². The van der Waals surface area contributed by atoms with Gasteiger partial charge < -0.3 is 14.7 Å². The van der Waals surface area contributed by atoms with Crippen LogP contribution in [0.3, 0.4) is 0 Å². The SMILES string of the molecule is Cc1nc(CC(C)C)c(C(=O)N2CCO[C@@H](C(=O)O)C2)s1. The fourth-order valence-corrected chi connectivity index (χ4v) is 3.20. The van der Waals surface area contributed by atoms with Crippen LogP contribution in [0.25, 0.3) is 0 Å². The van der Waals surface area contributed by atoms with Crippen molar-refractivity contribution in [3.63, 3.8) is 0 Å². The summed E-state index contributed by atoms with van der Waals surface area (Å²) in [5.74, 6) is -0.754. The number of aliphatic carboxylic acids is 1. The number of morpholine rings is 1. The van der Waals surface area contributed by atoms with E-state index >= 15 is 0 Å². The standard InChI is InChI=1S/C14H20N2O4S/c1-8(2)6-10-12(21-9(3)15-10)13(17)16-4-5-20-11(7-16)14(18)19/h8,11H,4-7H2,1-3H3,(H,18,19)/t11-/m1/s1. The quantitative estimate of drug-likeness (QED) is 0.913. The van der Waals surface area contributed by atoms with Crippen molar-refractivity contribution in [1.29, 1.82) is 0 Å². The van der Waals surface area contributed by atoms with Crippen molar-refractivity contribution >= 4 is 23.2 Å². The van der Waals surface area contributed by atoms with Crippen molar-refractivity contribution in [1.82, 2.24) is 9.88 Å². The number of hydrogen-bond acceptors (Lipinski definition) is 5. The Hall–Kier alpha value is -1.47. The lowest BCUT2D eigenvalue weighted by molar-refractivity contribution is -0.154. The second-order valence-electron chi connectivity index (χ2n) is 5.56. The summed E-state index contributed by atoms with van der Waals surface area (Å²) in [4.78, 5) is 30.3. The van der Waals surface area contributed by atoms with E-state index in [1.807, 2.05) is 6.92 Å². The van der Waals surface area contributed by atoms with Crippen LogP contribution in [0, 0.1) is 12.8 Å². The van der Waals surface area contributed by atoms with Crippen LogP contribution in [0.15, 0.2) is 0 Å². The number of aryl methyl sites for hydroxylation is 1. The van der Waals surface area contributed by atoms with Crippen molar-refractivity contribution in [2.45, 2.75) is 33.3 Å². The maximum absolute atomic E-state index is 12.6. The van der Waals surface area contributed by atoms with Crippen LogP contribution in [-0.4, -0.2) is 52.7 Å². The second kappa shape index (κ2) is 6.53. The lowest BCUT2D eigenvalue weighted by atomic mass is 10.1. The number of nitrogens with zero attached hydrogens (tertiary/aromatic N) is 2. The summed E-state index contributed by atoms with van der Waals surface area (Å²) in [7, 11) is 0. The van der Waals surface area contributed by atoms with E-state index in [2.05, 4.69) is 18.8 Å². The van der Waals surface area contributed by atoms with Crippen molar-refractivity contribution in [2.24, 2.45) is 5.92 Å². The number of carbonyl (C=O) groups excluding carboxylic acids is 1. The first kappa shape index (κ1) is 15.9. The Morgan fingerprint density at radius 3 is 2.86 bits per heavy atom. The third-order valence-electron chi connectivity index (χ3n) is 3.23. The Labute approximate surface area is 127 Å². The van der Waals surface area contributed by atoms with E-state index in [9.17, 15) is 9.59 Å². The van der Waals surface area contributed by atoms with Gasteiger partial charge in [0.1, 0.15) is 4.88 Å². The Kier molecular flexibility index (Phi) is 4.95. The molecule has 116 valence electrons. The van der Waals surface area contributed by atoms with Gasteiger partial charge in [0.05, 0.1) is 23.9 Å². The molecule has 6 nitrogen and oxygen atoms in total. The average Bonchev–Trinajstić information content (AvgIpc) is 2.78. The molecule has 0 bridgehead atoms. The molecule has 0 aliphatic carbocycles. The highest BCUT2D eigenvalue weighted by atomic mass is 32.1. The predicted octanol–water partition coefficient (Wildman–Crippen LogP) is 1.58. The van der Waals surface area contributed by atoms with E-state index in [1.165, 1.54) is 11.3 Å². The van der Waals surface area contributed by atoms with Gasteiger partial charge in [-0.3, -0.25) is 4.79 Å². The van der Waals surface area contributed by atoms with Crippen LogP contribution in [0.1, 0.15) is 34.2 Å². The minimum absolute atomic E-state index is 0.0895. The molecule has 1 amide bonds. The van der Waals surface area contributed by atoms with Crippen LogP contribution >= 0.6 is 11.3 Å². The van der Waals surface area contributed by atoms with Crippen LogP contribution in [0.4, 0.5) is 0 Å². The zero-order valence-electron chi connectivity index (χ0n) is 12.5. The smallest absolute Gasteiger partial charge is 0.334 e. The molecule has 1 aromatic rings. The van der Waals surface area contributed by atoms with Crippen LogP contribution in [0.5, 0.6) is 0 Å². The summed E-state index contributed by atoms with van der Waals surface area (Å²) in [6, 6.07) is 0. The van der Waals surface area contributed by atoms with Gasteiger partial charge in [-0.2, -0.15) is 0 Å². The molecule has 0 radical (unpaired) electrons. The van der Waals surface area contributed by atoms with Gasteiger partial charge in [0.25, 0.3) is 5.91 Å². The fourth-order valence-electron chi connectivity index (χ4n) is 2.29. The van der Waals surface area contributed by atoms with Gasteiger partial charge in [0.15, 0.2) is 6.10 Å². The lowest BCUT2D eigenvalue weighted by Gasteiger charge is -2.30. The largest absolute Gasteiger partial charge is 0.479 e. The Morgan fingerprint density at radius 1 is 1.52 bits per heavy atom. The van der Waals surface area contributed by atoms with Crippen LogP contribution in [0.2, 0.25) is 0 Å². The third kappa shape index (κ3) is 3.79. The first-order valence-electron chi connectivity index (χ1n) is 6.98. The maximum atomic E-state index is 12.6. The molecule has 7 heteroatoms. The Morgan fingerprint density at radius 2 is 2.24 bits per heavy atom. The summed E-state index contributed by atoms with van der Waals surface area (Å²) in [5.41, 5.74) is 0.816. The second-order valence-corrected chi connectivity index (χ2v) is 6.76. The number of thiazole rings is 1.